The number of hydrogen-bond acceptors (Lipinski definition) is 3. The average molecular weight is 335 g/mol. The van der Waals surface area contributed by atoms with Gasteiger partial charge in [0.25, 0.3) is 0 Å². The Balaban J connectivity index is 1.45. The fraction of sp³-hybridized carbons (Fsp3) is 1.00. The molecule has 0 aromatic rings. The second-order valence-corrected chi connectivity index (χ2v) is 10.2. The normalized spacial score (nSPS) is 55.9. The van der Waals surface area contributed by atoms with Crippen molar-refractivity contribution >= 4 is 0 Å². The first-order valence-electron chi connectivity index (χ1n) is 10.4. The molecule has 3 heteroatoms. The zero-order valence-electron chi connectivity index (χ0n) is 15.4. The molecule has 1 saturated heterocycles. The third-order valence-electron chi connectivity index (χ3n) is 9.18. The molecule has 7 atom stereocenters. The van der Waals surface area contributed by atoms with Crippen LogP contribution in [0.15, 0.2) is 0 Å². The predicted molar refractivity (Wildman–Crippen MR) is 92.4 cm³/mol. The van der Waals surface area contributed by atoms with Crippen molar-refractivity contribution in [3.8, 4) is 0 Å². The first kappa shape index (κ1) is 16.1. The lowest BCUT2D eigenvalue weighted by atomic mass is 9.44. The summed E-state index contributed by atoms with van der Waals surface area (Å²) in [7, 11) is 0. The van der Waals surface area contributed by atoms with E-state index in [0.29, 0.717) is 17.3 Å². The van der Waals surface area contributed by atoms with Crippen LogP contribution >= 0.6 is 0 Å². The number of hydrogen-bond donors (Lipinski definition) is 1. The summed E-state index contributed by atoms with van der Waals surface area (Å²) in [5.41, 5.74) is 0.699. The summed E-state index contributed by atoms with van der Waals surface area (Å²) >= 11 is 0. The molecule has 0 amide bonds. The third kappa shape index (κ3) is 2.07. The van der Waals surface area contributed by atoms with Gasteiger partial charge in [-0.1, -0.05) is 20.3 Å². The Morgan fingerprint density at radius 3 is 2.50 bits per heavy atom. The molecule has 1 aliphatic heterocycles. The van der Waals surface area contributed by atoms with Crippen LogP contribution in [0.4, 0.5) is 0 Å². The molecule has 5 aliphatic rings. The molecule has 136 valence electrons. The summed E-state index contributed by atoms with van der Waals surface area (Å²) in [6, 6.07) is 0. The Bertz CT molecular complexity index is 513. The van der Waals surface area contributed by atoms with Crippen molar-refractivity contribution in [3.63, 3.8) is 0 Å². The van der Waals surface area contributed by atoms with Crippen molar-refractivity contribution in [1.29, 1.82) is 0 Å². The number of rotatable bonds is 0. The molecule has 1 heterocycles. The van der Waals surface area contributed by atoms with E-state index in [1.54, 1.807) is 0 Å². The molecule has 0 aromatic heterocycles. The zero-order valence-corrected chi connectivity index (χ0v) is 15.4. The van der Waals surface area contributed by atoms with Gasteiger partial charge in [0, 0.05) is 12.8 Å². The first-order valence-corrected chi connectivity index (χ1v) is 10.4. The molecule has 5 fully saturated rings. The lowest BCUT2D eigenvalue weighted by Gasteiger charge is -2.62. The molecular formula is C21H34O3. The quantitative estimate of drug-likeness (QED) is 0.724. The van der Waals surface area contributed by atoms with E-state index >= 15 is 0 Å². The van der Waals surface area contributed by atoms with Crippen LogP contribution in [0.25, 0.3) is 0 Å². The van der Waals surface area contributed by atoms with Gasteiger partial charge >= 0.3 is 0 Å². The largest absolute Gasteiger partial charge is 0.393 e. The zero-order chi connectivity index (χ0) is 16.6. The molecular weight excluding hydrogens is 300 g/mol. The summed E-state index contributed by atoms with van der Waals surface area (Å²) in [6.07, 6.45) is 10.9. The smallest absolute Gasteiger partial charge is 0.168 e. The maximum Gasteiger partial charge on any atom is 0.168 e. The van der Waals surface area contributed by atoms with E-state index in [-0.39, 0.29) is 17.3 Å². The molecule has 6 unspecified atom stereocenters. The summed E-state index contributed by atoms with van der Waals surface area (Å²) in [5.74, 6) is 2.50. The minimum atomic E-state index is -0.279. The van der Waals surface area contributed by atoms with Crippen molar-refractivity contribution in [3.05, 3.63) is 0 Å². The maximum absolute atomic E-state index is 11.2. The second-order valence-electron chi connectivity index (χ2n) is 10.2. The van der Waals surface area contributed by atoms with Crippen molar-refractivity contribution in [1.82, 2.24) is 0 Å². The molecule has 3 nitrogen and oxygen atoms in total. The number of aliphatic hydroxyl groups excluding tert-OH is 1. The minimum absolute atomic E-state index is 0.0957. The molecule has 0 bridgehead atoms. The Hall–Kier alpha value is -0.120. The van der Waals surface area contributed by atoms with Crippen molar-refractivity contribution in [2.45, 2.75) is 83.5 Å². The van der Waals surface area contributed by atoms with Gasteiger partial charge in [-0.2, -0.15) is 0 Å². The van der Waals surface area contributed by atoms with Crippen LogP contribution in [0, 0.1) is 34.5 Å². The summed E-state index contributed by atoms with van der Waals surface area (Å²) in [4.78, 5) is 0. The van der Waals surface area contributed by atoms with Crippen LogP contribution in [0.1, 0.15) is 71.6 Å². The SMILES string of the molecule is CC12CCCC1C1CC[C@H]3CC4(CCC3(C)C1C(O)C2)OCCO4. The molecule has 0 radical (unpaired) electrons. The lowest BCUT2D eigenvalue weighted by molar-refractivity contribution is -0.241. The Kier molecular flexibility index (Phi) is 3.49. The van der Waals surface area contributed by atoms with Gasteiger partial charge in [0.05, 0.1) is 19.3 Å². The van der Waals surface area contributed by atoms with Gasteiger partial charge in [-0.15, -0.1) is 0 Å². The van der Waals surface area contributed by atoms with Crippen LogP contribution in [0.5, 0.6) is 0 Å². The number of ether oxygens (including phenoxy) is 2. The Morgan fingerprint density at radius 1 is 0.917 bits per heavy atom. The van der Waals surface area contributed by atoms with E-state index in [9.17, 15) is 5.11 Å². The van der Waals surface area contributed by atoms with Crippen LogP contribution in [0.2, 0.25) is 0 Å². The first-order chi connectivity index (χ1) is 11.5. The highest BCUT2D eigenvalue weighted by Gasteiger charge is 2.62. The van der Waals surface area contributed by atoms with E-state index in [0.717, 1.165) is 44.3 Å². The molecule has 5 rings (SSSR count). The summed E-state index contributed by atoms with van der Waals surface area (Å²) in [6.45, 7) is 6.49. The third-order valence-corrected chi connectivity index (χ3v) is 9.18. The second kappa shape index (κ2) is 5.20. The van der Waals surface area contributed by atoms with Crippen LogP contribution in [-0.4, -0.2) is 30.2 Å². The van der Waals surface area contributed by atoms with E-state index in [2.05, 4.69) is 13.8 Å². The molecule has 1 spiro atoms. The molecule has 1 N–H and O–H groups in total. The van der Waals surface area contributed by atoms with E-state index < -0.39 is 0 Å². The van der Waals surface area contributed by atoms with Crippen molar-refractivity contribution in [2.24, 2.45) is 34.5 Å². The monoisotopic (exact) mass is 334 g/mol. The van der Waals surface area contributed by atoms with Crippen LogP contribution in [0.3, 0.4) is 0 Å². The molecule has 24 heavy (non-hydrogen) atoms. The van der Waals surface area contributed by atoms with Crippen LogP contribution in [-0.2, 0) is 9.47 Å². The van der Waals surface area contributed by atoms with Gasteiger partial charge in [0.15, 0.2) is 5.79 Å². The van der Waals surface area contributed by atoms with Gasteiger partial charge in [-0.25, -0.2) is 0 Å². The highest BCUT2D eigenvalue weighted by atomic mass is 16.7. The topological polar surface area (TPSA) is 38.7 Å². The predicted octanol–water partition coefficient (Wildman–Crippen LogP) is 4.13. The average Bonchev–Trinajstić information content (AvgIpc) is 3.14. The standard InChI is InChI=1S/C21H34O3/c1-19-7-3-4-16(19)15-6-5-14-12-21(23-10-11-24-21)9-8-20(14,2)18(15)17(22)13-19/h14-18,22H,3-13H2,1-2H3/t14-,15?,16?,17?,18?,19?,20?/m0/s1. The highest BCUT2D eigenvalue weighted by molar-refractivity contribution is 5.11. The van der Waals surface area contributed by atoms with Crippen molar-refractivity contribution in [2.75, 3.05) is 13.2 Å². The summed E-state index contributed by atoms with van der Waals surface area (Å²) in [5, 5.41) is 11.2. The van der Waals surface area contributed by atoms with E-state index in [1.165, 1.54) is 38.5 Å². The van der Waals surface area contributed by atoms with E-state index in [1.807, 2.05) is 0 Å². The van der Waals surface area contributed by atoms with E-state index in [4.69, 9.17) is 9.47 Å². The van der Waals surface area contributed by atoms with Gasteiger partial charge in [-0.3, -0.25) is 0 Å². The summed E-state index contributed by atoms with van der Waals surface area (Å²) < 4.78 is 12.1. The van der Waals surface area contributed by atoms with Crippen molar-refractivity contribution < 1.29 is 14.6 Å². The molecule has 0 aromatic carbocycles. The Morgan fingerprint density at radius 2 is 1.71 bits per heavy atom. The Labute approximate surface area is 146 Å². The number of fused-ring (bicyclic) bond motifs is 5. The number of aliphatic hydroxyl groups is 1. The fourth-order valence-corrected chi connectivity index (χ4v) is 8.09. The van der Waals surface area contributed by atoms with Gasteiger partial charge in [0.2, 0.25) is 0 Å². The van der Waals surface area contributed by atoms with Gasteiger partial charge < -0.3 is 14.6 Å². The lowest BCUT2D eigenvalue weighted by Crippen LogP contribution is -2.59. The molecule has 4 saturated carbocycles. The maximum atomic E-state index is 11.2. The molecule has 4 aliphatic carbocycles. The van der Waals surface area contributed by atoms with Gasteiger partial charge in [-0.05, 0) is 73.0 Å². The van der Waals surface area contributed by atoms with Crippen LogP contribution < -0.4 is 0 Å². The fourth-order valence-electron chi connectivity index (χ4n) is 8.09. The van der Waals surface area contributed by atoms with Gasteiger partial charge in [0.1, 0.15) is 0 Å². The minimum Gasteiger partial charge on any atom is -0.393 e. The highest BCUT2D eigenvalue weighted by Crippen LogP contribution is 2.67.